The zero-order valence-corrected chi connectivity index (χ0v) is 15.1. The van der Waals surface area contributed by atoms with Gasteiger partial charge in [-0.2, -0.15) is 0 Å². The van der Waals surface area contributed by atoms with Gasteiger partial charge in [0.25, 0.3) is 0 Å². The highest BCUT2D eigenvalue weighted by Gasteiger charge is 2.25. The van der Waals surface area contributed by atoms with E-state index < -0.39 is 0 Å². The number of piperidine rings is 1. The molecule has 1 unspecified atom stereocenters. The van der Waals surface area contributed by atoms with Crippen molar-refractivity contribution in [2.24, 2.45) is 22.7 Å². The van der Waals surface area contributed by atoms with Crippen LogP contribution in [-0.4, -0.2) is 62.1 Å². The Hall–Kier alpha value is -0.770. The third-order valence-corrected chi connectivity index (χ3v) is 5.06. The summed E-state index contributed by atoms with van der Waals surface area (Å²) in [6, 6.07) is 0. The fourth-order valence-electron chi connectivity index (χ4n) is 3.77. The number of aliphatic imine (C=N–C) groups is 1. The van der Waals surface area contributed by atoms with Crippen LogP contribution in [0, 0.1) is 17.8 Å². The first kappa shape index (κ1) is 17.6. The van der Waals surface area contributed by atoms with E-state index in [1.807, 2.05) is 0 Å². The first-order chi connectivity index (χ1) is 10.6. The molecule has 0 spiro atoms. The van der Waals surface area contributed by atoms with Gasteiger partial charge in [-0.3, -0.25) is 4.99 Å². The van der Waals surface area contributed by atoms with Crippen molar-refractivity contribution in [2.45, 2.75) is 46.5 Å². The number of rotatable bonds is 5. The average molecular weight is 309 g/mol. The van der Waals surface area contributed by atoms with Crippen LogP contribution in [0.15, 0.2) is 4.99 Å². The molecule has 4 heteroatoms. The summed E-state index contributed by atoms with van der Waals surface area (Å²) in [5, 5.41) is 3.51. The molecular formula is C18H36N4. The highest BCUT2D eigenvalue weighted by atomic mass is 15.3. The molecule has 2 aliphatic rings. The maximum absolute atomic E-state index is 4.97. The Morgan fingerprint density at radius 1 is 1.14 bits per heavy atom. The number of guanidine groups is 1. The number of nitrogens with zero attached hydrogens (tertiary/aromatic N) is 3. The molecule has 0 saturated carbocycles. The molecule has 4 nitrogen and oxygen atoms in total. The summed E-state index contributed by atoms with van der Waals surface area (Å²) in [6.45, 7) is 13.7. The highest BCUT2D eigenvalue weighted by Crippen LogP contribution is 2.23. The van der Waals surface area contributed by atoms with Crippen LogP contribution >= 0.6 is 0 Å². The highest BCUT2D eigenvalue weighted by molar-refractivity contribution is 5.80. The van der Waals surface area contributed by atoms with Crippen molar-refractivity contribution in [1.29, 1.82) is 0 Å². The predicted octanol–water partition coefficient (Wildman–Crippen LogP) is 2.66. The van der Waals surface area contributed by atoms with Gasteiger partial charge in [0.15, 0.2) is 5.96 Å². The quantitative estimate of drug-likeness (QED) is 0.626. The number of hydrogen-bond donors (Lipinski definition) is 1. The maximum atomic E-state index is 4.97. The van der Waals surface area contributed by atoms with Crippen LogP contribution in [0.5, 0.6) is 0 Å². The van der Waals surface area contributed by atoms with Crippen LogP contribution in [-0.2, 0) is 0 Å². The summed E-state index contributed by atoms with van der Waals surface area (Å²) in [5.41, 5.74) is 0. The zero-order chi connectivity index (χ0) is 15.9. The van der Waals surface area contributed by atoms with Crippen molar-refractivity contribution >= 4 is 5.96 Å². The lowest BCUT2D eigenvalue weighted by Crippen LogP contribution is -2.40. The summed E-state index contributed by atoms with van der Waals surface area (Å²) < 4.78 is 0. The van der Waals surface area contributed by atoms with Crippen molar-refractivity contribution in [3.05, 3.63) is 0 Å². The van der Waals surface area contributed by atoms with Crippen LogP contribution < -0.4 is 5.32 Å². The van der Waals surface area contributed by atoms with Crippen molar-refractivity contribution < 1.29 is 0 Å². The van der Waals surface area contributed by atoms with Gasteiger partial charge in [0.2, 0.25) is 0 Å². The Bertz CT molecular complexity index is 345. The molecule has 2 saturated heterocycles. The number of nitrogens with one attached hydrogen (secondary N) is 1. The number of hydrogen-bond acceptors (Lipinski definition) is 2. The molecule has 0 aliphatic carbocycles. The Morgan fingerprint density at radius 2 is 1.82 bits per heavy atom. The van der Waals surface area contributed by atoms with E-state index in [4.69, 9.17) is 4.99 Å². The Balaban J connectivity index is 1.85. The molecule has 0 aromatic rings. The largest absolute Gasteiger partial charge is 0.357 e. The minimum atomic E-state index is 0.777. The van der Waals surface area contributed by atoms with Crippen molar-refractivity contribution in [3.63, 3.8) is 0 Å². The summed E-state index contributed by atoms with van der Waals surface area (Å²) in [6.07, 6.45) is 5.28. The van der Waals surface area contributed by atoms with Gasteiger partial charge in [-0.25, -0.2) is 0 Å². The standard InChI is InChI=1S/C18H36N4/c1-5-19-18(20-13-16-6-9-21(4)10-7-16)22-11-8-17(14-22)12-15(2)3/h15-17H,5-14H2,1-4H3,(H,19,20). The topological polar surface area (TPSA) is 30.9 Å². The number of likely N-dealkylation sites (tertiary alicyclic amines) is 2. The molecule has 2 rings (SSSR count). The zero-order valence-electron chi connectivity index (χ0n) is 15.1. The summed E-state index contributed by atoms with van der Waals surface area (Å²) in [5.74, 6) is 3.60. The third-order valence-electron chi connectivity index (χ3n) is 5.06. The predicted molar refractivity (Wildman–Crippen MR) is 95.3 cm³/mol. The Morgan fingerprint density at radius 3 is 2.45 bits per heavy atom. The van der Waals surface area contributed by atoms with Crippen LogP contribution in [0.2, 0.25) is 0 Å². The second-order valence-corrected chi connectivity index (χ2v) is 7.67. The van der Waals surface area contributed by atoms with Crippen LogP contribution in [0.4, 0.5) is 0 Å². The molecule has 1 atom stereocenters. The Kier molecular flexibility index (Phi) is 7.00. The fourth-order valence-corrected chi connectivity index (χ4v) is 3.77. The minimum absolute atomic E-state index is 0.777. The van der Waals surface area contributed by atoms with Crippen LogP contribution in [0.25, 0.3) is 0 Å². The molecule has 2 heterocycles. The molecule has 0 aromatic heterocycles. The van der Waals surface area contributed by atoms with Gasteiger partial charge < -0.3 is 15.1 Å². The summed E-state index contributed by atoms with van der Waals surface area (Å²) in [7, 11) is 2.22. The van der Waals surface area contributed by atoms with Gasteiger partial charge in [0.05, 0.1) is 0 Å². The van der Waals surface area contributed by atoms with Gasteiger partial charge in [-0.05, 0) is 70.5 Å². The molecule has 0 radical (unpaired) electrons. The SMILES string of the molecule is CCNC(=NCC1CCN(C)CC1)N1CCC(CC(C)C)C1. The van der Waals surface area contributed by atoms with E-state index >= 15 is 0 Å². The lowest BCUT2D eigenvalue weighted by Gasteiger charge is -2.28. The molecule has 2 fully saturated rings. The average Bonchev–Trinajstić information content (AvgIpc) is 2.92. The van der Waals surface area contributed by atoms with Gasteiger partial charge in [0, 0.05) is 26.2 Å². The molecular weight excluding hydrogens is 272 g/mol. The van der Waals surface area contributed by atoms with Crippen molar-refractivity contribution in [3.8, 4) is 0 Å². The molecule has 22 heavy (non-hydrogen) atoms. The van der Waals surface area contributed by atoms with Crippen molar-refractivity contribution in [2.75, 3.05) is 46.3 Å². The molecule has 128 valence electrons. The van der Waals surface area contributed by atoms with E-state index in [1.165, 1.54) is 51.9 Å². The van der Waals surface area contributed by atoms with E-state index in [1.54, 1.807) is 0 Å². The first-order valence-electron chi connectivity index (χ1n) is 9.30. The van der Waals surface area contributed by atoms with Gasteiger partial charge in [0.1, 0.15) is 0 Å². The van der Waals surface area contributed by atoms with E-state index in [-0.39, 0.29) is 0 Å². The molecule has 2 aliphatic heterocycles. The van der Waals surface area contributed by atoms with Gasteiger partial charge in [-0.1, -0.05) is 13.8 Å². The fraction of sp³-hybridized carbons (Fsp3) is 0.944. The smallest absolute Gasteiger partial charge is 0.193 e. The third kappa shape index (κ3) is 5.45. The molecule has 0 aromatic carbocycles. The lowest BCUT2D eigenvalue weighted by molar-refractivity contribution is 0.223. The van der Waals surface area contributed by atoms with Gasteiger partial charge in [-0.15, -0.1) is 0 Å². The summed E-state index contributed by atoms with van der Waals surface area (Å²) in [4.78, 5) is 9.90. The van der Waals surface area contributed by atoms with E-state index in [0.717, 1.165) is 36.8 Å². The van der Waals surface area contributed by atoms with Crippen LogP contribution in [0.3, 0.4) is 0 Å². The normalized spacial score (nSPS) is 25.2. The molecule has 0 amide bonds. The van der Waals surface area contributed by atoms with E-state index in [2.05, 4.69) is 42.9 Å². The van der Waals surface area contributed by atoms with E-state index in [9.17, 15) is 0 Å². The monoisotopic (exact) mass is 308 g/mol. The second-order valence-electron chi connectivity index (χ2n) is 7.67. The first-order valence-corrected chi connectivity index (χ1v) is 9.30. The van der Waals surface area contributed by atoms with Crippen LogP contribution in [0.1, 0.15) is 46.5 Å². The minimum Gasteiger partial charge on any atom is -0.357 e. The maximum Gasteiger partial charge on any atom is 0.193 e. The summed E-state index contributed by atoms with van der Waals surface area (Å²) >= 11 is 0. The van der Waals surface area contributed by atoms with Crippen molar-refractivity contribution in [1.82, 2.24) is 15.1 Å². The van der Waals surface area contributed by atoms with Gasteiger partial charge >= 0.3 is 0 Å². The Labute approximate surface area is 137 Å². The lowest BCUT2D eigenvalue weighted by atomic mass is 9.97. The molecule has 1 N–H and O–H groups in total. The van der Waals surface area contributed by atoms with E-state index in [0.29, 0.717) is 0 Å². The second kappa shape index (κ2) is 8.76. The molecule has 0 bridgehead atoms.